The summed E-state index contributed by atoms with van der Waals surface area (Å²) in [4.78, 5) is 0. The van der Waals surface area contributed by atoms with Crippen LogP contribution in [-0.2, 0) is 14.3 Å². The Morgan fingerprint density at radius 2 is 1.31 bits per heavy atom. The first kappa shape index (κ1) is 25.8. The number of ether oxygens (including phenoxy) is 1. The van der Waals surface area contributed by atoms with Crippen molar-refractivity contribution in [3.05, 3.63) is 70.3 Å². The van der Waals surface area contributed by atoms with Gasteiger partial charge in [0, 0.05) is 5.02 Å². The van der Waals surface area contributed by atoms with Gasteiger partial charge in [0.2, 0.25) is 0 Å². The van der Waals surface area contributed by atoms with E-state index in [2.05, 4.69) is 36.4 Å². The minimum Gasteiger partial charge on any atom is -0.494 e. The lowest BCUT2D eigenvalue weighted by Gasteiger charge is -2.52. The summed E-state index contributed by atoms with van der Waals surface area (Å²) in [5.41, 5.74) is 5.66. The molecule has 0 aliphatic heterocycles. The maximum atomic E-state index is 11.0. The van der Waals surface area contributed by atoms with E-state index in [4.69, 9.17) is 20.5 Å². The summed E-state index contributed by atoms with van der Waals surface area (Å²) >= 11 is 6.24. The fraction of sp³-hybridized carbons (Fsp3) is 0.533. The number of hydrogen-bond acceptors (Lipinski definition) is 4. The number of allylic oxidation sites excluding steroid dienone is 1. The van der Waals surface area contributed by atoms with E-state index in [1.165, 1.54) is 48.8 Å². The molecule has 0 heterocycles. The van der Waals surface area contributed by atoms with Crippen molar-refractivity contribution < 1.29 is 17.3 Å². The summed E-state index contributed by atoms with van der Waals surface area (Å²) in [5, 5.41) is 0.778. The van der Waals surface area contributed by atoms with Gasteiger partial charge in [-0.3, -0.25) is 4.18 Å². The zero-order valence-corrected chi connectivity index (χ0v) is 22.7. The molecule has 4 fully saturated rings. The topological polar surface area (TPSA) is 52.6 Å². The van der Waals surface area contributed by atoms with Crippen molar-refractivity contribution in [2.24, 2.45) is 23.7 Å². The van der Waals surface area contributed by atoms with Gasteiger partial charge in [0.25, 0.3) is 10.1 Å². The summed E-state index contributed by atoms with van der Waals surface area (Å²) in [5.74, 6) is 4.22. The first-order valence-electron chi connectivity index (χ1n) is 13.4. The van der Waals surface area contributed by atoms with Crippen molar-refractivity contribution >= 4 is 27.3 Å². The van der Waals surface area contributed by atoms with Crippen LogP contribution in [0.2, 0.25) is 5.02 Å². The van der Waals surface area contributed by atoms with E-state index in [1.54, 1.807) is 5.57 Å². The van der Waals surface area contributed by atoms with Crippen LogP contribution in [0.4, 0.5) is 0 Å². The lowest BCUT2D eigenvalue weighted by Crippen LogP contribution is -2.40. The zero-order valence-electron chi connectivity index (χ0n) is 21.1. The molecule has 0 unspecified atom stereocenters. The van der Waals surface area contributed by atoms with E-state index in [1.807, 2.05) is 12.1 Å². The summed E-state index contributed by atoms with van der Waals surface area (Å²) in [6.45, 7) is 0.917. The van der Waals surface area contributed by atoms with Crippen LogP contribution in [-0.4, -0.2) is 27.9 Å². The van der Waals surface area contributed by atoms with Crippen LogP contribution in [0.3, 0.4) is 0 Å². The second-order valence-corrected chi connectivity index (χ2v) is 13.0. The van der Waals surface area contributed by atoms with Crippen molar-refractivity contribution in [2.75, 3.05) is 19.5 Å². The third-order valence-electron chi connectivity index (χ3n) is 8.19. The molecule has 2 aromatic carbocycles. The maximum Gasteiger partial charge on any atom is 0.264 e. The lowest BCUT2D eigenvalue weighted by molar-refractivity contribution is 0.0705. The Labute approximate surface area is 221 Å². The maximum absolute atomic E-state index is 11.0. The Kier molecular flexibility index (Phi) is 8.09. The third-order valence-corrected chi connectivity index (χ3v) is 9.03. The van der Waals surface area contributed by atoms with Gasteiger partial charge in [-0.2, -0.15) is 8.42 Å². The van der Waals surface area contributed by atoms with Gasteiger partial charge in [0.05, 0.1) is 19.5 Å². The molecule has 6 heteroatoms. The average molecular weight is 529 g/mol. The number of benzene rings is 2. The Hall–Kier alpha value is -1.82. The molecule has 4 aliphatic rings. The molecule has 0 atom stereocenters. The smallest absolute Gasteiger partial charge is 0.264 e. The van der Waals surface area contributed by atoms with Gasteiger partial charge < -0.3 is 4.74 Å². The highest BCUT2D eigenvalue weighted by Gasteiger charge is 2.46. The fourth-order valence-corrected chi connectivity index (χ4v) is 7.44. The summed E-state index contributed by atoms with van der Waals surface area (Å²) in [7, 11) is -3.33. The van der Waals surface area contributed by atoms with Crippen molar-refractivity contribution in [1.82, 2.24) is 0 Å². The van der Waals surface area contributed by atoms with Crippen molar-refractivity contribution in [2.45, 2.75) is 57.8 Å². The zero-order chi connectivity index (χ0) is 25.1. The molecule has 0 radical (unpaired) electrons. The molecule has 0 amide bonds. The lowest BCUT2D eigenvalue weighted by atomic mass is 9.53. The van der Waals surface area contributed by atoms with Crippen LogP contribution in [0.1, 0.15) is 68.9 Å². The number of hydrogen-bond donors (Lipinski definition) is 0. The van der Waals surface area contributed by atoms with E-state index in [9.17, 15) is 8.42 Å². The summed E-state index contributed by atoms with van der Waals surface area (Å²) < 4.78 is 32.8. The van der Waals surface area contributed by atoms with Crippen LogP contribution >= 0.6 is 11.6 Å². The van der Waals surface area contributed by atoms with Crippen LogP contribution in [0, 0.1) is 23.7 Å². The number of unbranched alkanes of at least 4 members (excludes halogenated alkanes) is 3. The highest BCUT2D eigenvalue weighted by Crippen LogP contribution is 2.58. The quantitative estimate of drug-likeness (QED) is 0.223. The molecule has 4 nitrogen and oxygen atoms in total. The molecular weight excluding hydrogens is 492 g/mol. The van der Waals surface area contributed by atoms with Gasteiger partial charge >= 0.3 is 0 Å². The molecule has 0 spiro atoms. The molecule has 2 aromatic rings. The molecule has 4 aliphatic carbocycles. The van der Waals surface area contributed by atoms with Crippen LogP contribution < -0.4 is 4.74 Å². The predicted octanol–water partition coefficient (Wildman–Crippen LogP) is 7.51. The molecule has 4 bridgehead atoms. The average Bonchev–Trinajstić information content (AvgIpc) is 2.83. The minimum atomic E-state index is -3.33. The fourth-order valence-electron chi connectivity index (χ4n) is 6.89. The summed E-state index contributed by atoms with van der Waals surface area (Å²) in [6, 6.07) is 17.0. The standard InChI is InChI=1S/C30H37ClO4S/c1-36(32,33)35-15-5-3-2-4-14-34-28-12-8-24(9-13-28)29(23-6-10-27(31)11-7-23)30-25-17-21-16-22(19-25)20-26(30)18-21/h6-13,21-22,25-26H,2-5,14-20H2,1H3. The van der Waals surface area contributed by atoms with E-state index in [0.29, 0.717) is 6.61 Å². The highest BCUT2D eigenvalue weighted by atomic mass is 35.5. The van der Waals surface area contributed by atoms with E-state index in [0.717, 1.165) is 66.4 Å². The van der Waals surface area contributed by atoms with Gasteiger partial charge in [-0.25, -0.2) is 0 Å². The van der Waals surface area contributed by atoms with Gasteiger partial charge in [0.1, 0.15) is 5.75 Å². The number of halogens is 1. The van der Waals surface area contributed by atoms with E-state index >= 15 is 0 Å². The minimum absolute atomic E-state index is 0.260. The van der Waals surface area contributed by atoms with Crippen LogP contribution in [0.5, 0.6) is 5.75 Å². The normalized spacial score (nSPS) is 24.8. The van der Waals surface area contributed by atoms with Gasteiger partial charge in [-0.1, -0.05) is 47.9 Å². The van der Waals surface area contributed by atoms with Crippen LogP contribution in [0.15, 0.2) is 54.1 Å². The first-order chi connectivity index (χ1) is 17.4. The second kappa shape index (κ2) is 11.3. The first-order valence-corrected chi connectivity index (χ1v) is 15.6. The Morgan fingerprint density at radius 1 is 0.778 bits per heavy atom. The Balaban J connectivity index is 1.24. The molecule has 36 heavy (non-hydrogen) atoms. The Bertz CT molecular complexity index is 1140. The van der Waals surface area contributed by atoms with Crippen molar-refractivity contribution in [3.8, 4) is 5.75 Å². The third kappa shape index (κ3) is 6.35. The van der Waals surface area contributed by atoms with Crippen LogP contribution in [0.25, 0.3) is 5.57 Å². The molecule has 194 valence electrons. The molecule has 6 rings (SSSR count). The molecule has 0 saturated heterocycles. The predicted molar refractivity (Wildman–Crippen MR) is 146 cm³/mol. The van der Waals surface area contributed by atoms with Crippen molar-refractivity contribution in [1.29, 1.82) is 0 Å². The van der Waals surface area contributed by atoms with Gasteiger partial charge in [-0.05, 0) is 116 Å². The molecular formula is C30H37ClO4S. The van der Waals surface area contributed by atoms with E-state index < -0.39 is 10.1 Å². The molecule has 0 N–H and O–H groups in total. The monoisotopic (exact) mass is 528 g/mol. The second-order valence-electron chi connectivity index (χ2n) is 11.0. The SMILES string of the molecule is CS(=O)(=O)OCCCCCCOc1ccc(C(=C2C3CC4CC(C3)CC2C4)c2ccc(Cl)cc2)cc1. The highest BCUT2D eigenvalue weighted by molar-refractivity contribution is 7.85. The summed E-state index contributed by atoms with van der Waals surface area (Å²) in [6.07, 6.45) is 11.6. The largest absolute Gasteiger partial charge is 0.494 e. The molecule has 0 aromatic heterocycles. The van der Waals surface area contributed by atoms with Gasteiger partial charge in [0.15, 0.2) is 0 Å². The van der Waals surface area contributed by atoms with Crippen molar-refractivity contribution in [3.63, 3.8) is 0 Å². The molecule has 4 saturated carbocycles. The van der Waals surface area contributed by atoms with Gasteiger partial charge in [-0.15, -0.1) is 0 Å². The van der Waals surface area contributed by atoms with E-state index in [-0.39, 0.29) is 6.61 Å². The Morgan fingerprint density at radius 3 is 1.86 bits per heavy atom. The number of rotatable bonds is 11.